The van der Waals surface area contributed by atoms with Crippen LogP contribution in [0.4, 0.5) is 0 Å². The smallest absolute Gasteiger partial charge is 0.260 e. The van der Waals surface area contributed by atoms with Gasteiger partial charge in [-0.1, -0.05) is 0 Å². The van der Waals surface area contributed by atoms with Crippen LogP contribution >= 0.6 is 0 Å². The molecule has 5 heteroatoms. The summed E-state index contributed by atoms with van der Waals surface area (Å²) in [7, 11) is 0. The van der Waals surface area contributed by atoms with Crippen molar-refractivity contribution in [2.75, 3.05) is 0 Å². The summed E-state index contributed by atoms with van der Waals surface area (Å²) in [6.07, 6.45) is 6.79. The average Bonchev–Trinajstić information content (AvgIpc) is 2.24. The molecule has 0 amide bonds. The highest BCUT2D eigenvalue weighted by atomic mass is 16.8. The Balaban J connectivity index is 1.98. The van der Waals surface area contributed by atoms with E-state index in [1.165, 1.54) is 36.8 Å². The lowest BCUT2D eigenvalue weighted by Gasteiger charge is -2.24. The van der Waals surface area contributed by atoms with Gasteiger partial charge in [-0.3, -0.25) is 4.74 Å². The largest absolute Gasteiger partial charge is 0.506 e. The zero-order valence-corrected chi connectivity index (χ0v) is 7.74. The van der Waals surface area contributed by atoms with Crippen LogP contribution in [0, 0.1) is 0 Å². The molecule has 0 bridgehead atoms. The Kier molecular flexibility index (Phi) is 2.64. The lowest BCUT2D eigenvalue weighted by atomic mass is 10.3. The topological polar surface area (TPSA) is 68.2 Å². The van der Waals surface area contributed by atoms with E-state index in [0.717, 1.165) is 0 Å². The molecule has 80 valence electrons. The number of rotatable bonds is 2. The summed E-state index contributed by atoms with van der Waals surface area (Å²) in [5, 5.41) is 18.7. The maximum absolute atomic E-state index is 9.37. The van der Waals surface area contributed by atoms with Crippen LogP contribution in [0.2, 0.25) is 0 Å². The molecule has 2 unspecified atom stereocenters. The molecule has 0 aromatic heterocycles. The molecule has 0 fully saturated rings. The highest BCUT2D eigenvalue weighted by Gasteiger charge is 2.25. The summed E-state index contributed by atoms with van der Waals surface area (Å²) in [6.45, 7) is 0. The highest BCUT2D eigenvalue weighted by Crippen LogP contribution is 2.19. The molecule has 0 spiro atoms. The van der Waals surface area contributed by atoms with Crippen molar-refractivity contribution < 1.29 is 24.4 Å². The van der Waals surface area contributed by atoms with Crippen molar-refractivity contribution in [3.05, 3.63) is 48.3 Å². The van der Waals surface area contributed by atoms with Crippen molar-refractivity contribution in [3.63, 3.8) is 0 Å². The number of aliphatic hydroxyl groups is 2. The van der Waals surface area contributed by atoms with E-state index in [2.05, 4.69) is 0 Å². The molecule has 2 atom stereocenters. The molecular weight excluding hydrogens is 200 g/mol. The second kappa shape index (κ2) is 4.10. The highest BCUT2D eigenvalue weighted by molar-refractivity contribution is 5.13. The van der Waals surface area contributed by atoms with Crippen LogP contribution in [0.1, 0.15) is 0 Å². The Morgan fingerprint density at radius 1 is 0.933 bits per heavy atom. The number of ether oxygens (including phenoxy) is 3. The predicted octanol–water partition coefficient (Wildman–Crippen LogP) is 1.63. The molecule has 2 N–H and O–H groups in total. The quantitative estimate of drug-likeness (QED) is 0.724. The van der Waals surface area contributed by atoms with Gasteiger partial charge in [0.1, 0.15) is 0 Å². The third-order valence-corrected chi connectivity index (χ3v) is 1.83. The minimum Gasteiger partial charge on any atom is -0.506 e. The monoisotopic (exact) mass is 210 g/mol. The summed E-state index contributed by atoms with van der Waals surface area (Å²) >= 11 is 0. The molecule has 5 nitrogen and oxygen atoms in total. The second-order valence-corrected chi connectivity index (χ2v) is 2.91. The number of hydrogen-bond donors (Lipinski definition) is 2. The molecule has 0 aliphatic carbocycles. The van der Waals surface area contributed by atoms with E-state index in [-0.39, 0.29) is 11.5 Å². The number of hydrogen-bond acceptors (Lipinski definition) is 5. The van der Waals surface area contributed by atoms with Crippen molar-refractivity contribution in [1.82, 2.24) is 0 Å². The molecule has 2 heterocycles. The standard InChI is InChI=1S/C10H10O5/c11-7-3-1-5-13-9(7)15-10-8(12)4-2-6-14-10/h1-6,9-12H. The van der Waals surface area contributed by atoms with Gasteiger partial charge in [0, 0.05) is 0 Å². The molecular formula is C10H10O5. The van der Waals surface area contributed by atoms with Crippen molar-refractivity contribution >= 4 is 0 Å². The van der Waals surface area contributed by atoms with Crippen LogP contribution in [-0.4, -0.2) is 22.8 Å². The van der Waals surface area contributed by atoms with Gasteiger partial charge >= 0.3 is 0 Å². The number of allylic oxidation sites excluding steroid dienone is 4. The maximum Gasteiger partial charge on any atom is 0.260 e. The fourth-order valence-corrected chi connectivity index (χ4v) is 1.12. The lowest BCUT2D eigenvalue weighted by molar-refractivity contribution is -0.203. The fraction of sp³-hybridized carbons (Fsp3) is 0.200. The number of aliphatic hydroxyl groups excluding tert-OH is 2. The summed E-state index contributed by atoms with van der Waals surface area (Å²) in [6, 6.07) is 0. The first kappa shape index (κ1) is 9.67. The fourth-order valence-electron chi connectivity index (χ4n) is 1.12. The molecule has 2 rings (SSSR count). The Morgan fingerprint density at radius 3 is 1.80 bits per heavy atom. The van der Waals surface area contributed by atoms with E-state index in [4.69, 9.17) is 14.2 Å². The lowest BCUT2D eigenvalue weighted by Crippen LogP contribution is -2.29. The molecule has 0 saturated heterocycles. The van der Waals surface area contributed by atoms with Gasteiger partial charge in [0.05, 0.1) is 12.5 Å². The van der Waals surface area contributed by atoms with Gasteiger partial charge in [0.15, 0.2) is 11.5 Å². The van der Waals surface area contributed by atoms with Gasteiger partial charge in [-0.15, -0.1) is 0 Å². The Hall–Kier alpha value is -1.88. The van der Waals surface area contributed by atoms with E-state index in [0.29, 0.717) is 0 Å². The van der Waals surface area contributed by atoms with Crippen LogP contribution in [0.3, 0.4) is 0 Å². The van der Waals surface area contributed by atoms with Crippen LogP contribution in [0.15, 0.2) is 48.3 Å². The molecule has 0 aromatic rings. The summed E-state index contributed by atoms with van der Waals surface area (Å²) in [5.74, 6) is -0.160. The first-order valence-electron chi connectivity index (χ1n) is 4.35. The van der Waals surface area contributed by atoms with Crippen molar-refractivity contribution in [3.8, 4) is 0 Å². The van der Waals surface area contributed by atoms with Crippen LogP contribution in [0.25, 0.3) is 0 Å². The van der Waals surface area contributed by atoms with Crippen LogP contribution in [0.5, 0.6) is 0 Å². The summed E-state index contributed by atoms with van der Waals surface area (Å²) < 4.78 is 15.1. The van der Waals surface area contributed by atoms with Crippen molar-refractivity contribution in [1.29, 1.82) is 0 Å². The van der Waals surface area contributed by atoms with Crippen molar-refractivity contribution in [2.45, 2.75) is 12.6 Å². The molecule has 2 aliphatic rings. The van der Waals surface area contributed by atoms with Gasteiger partial charge in [-0.2, -0.15) is 0 Å². The zero-order valence-electron chi connectivity index (χ0n) is 7.74. The zero-order chi connectivity index (χ0) is 10.7. The first-order chi connectivity index (χ1) is 7.27. The van der Waals surface area contributed by atoms with Crippen molar-refractivity contribution in [2.24, 2.45) is 0 Å². The normalized spacial score (nSPS) is 28.8. The Bertz CT molecular complexity index is 319. The first-order valence-corrected chi connectivity index (χ1v) is 4.35. The summed E-state index contributed by atoms with van der Waals surface area (Å²) in [4.78, 5) is 0. The van der Waals surface area contributed by atoms with E-state index >= 15 is 0 Å². The van der Waals surface area contributed by atoms with Gasteiger partial charge < -0.3 is 19.7 Å². The Morgan fingerprint density at radius 2 is 1.40 bits per heavy atom. The minimum atomic E-state index is -0.956. The van der Waals surface area contributed by atoms with Gasteiger partial charge in [0.2, 0.25) is 0 Å². The third-order valence-electron chi connectivity index (χ3n) is 1.83. The minimum absolute atomic E-state index is 0.0801. The molecule has 2 aliphatic heterocycles. The van der Waals surface area contributed by atoms with Crippen LogP contribution < -0.4 is 0 Å². The van der Waals surface area contributed by atoms with E-state index < -0.39 is 12.6 Å². The Labute approximate surface area is 86.2 Å². The molecule has 15 heavy (non-hydrogen) atoms. The summed E-state index contributed by atoms with van der Waals surface area (Å²) in [5.41, 5.74) is 0. The molecule has 0 radical (unpaired) electrons. The maximum atomic E-state index is 9.37. The van der Waals surface area contributed by atoms with Crippen LogP contribution in [-0.2, 0) is 14.2 Å². The molecule has 0 aromatic carbocycles. The third kappa shape index (κ3) is 2.13. The predicted molar refractivity (Wildman–Crippen MR) is 50.5 cm³/mol. The second-order valence-electron chi connectivity index (χ2n) is 2.91. The average molecular weight is 210 g/mol. The van der Waals surface area contributed by atoms with Gasteiger partial charge in [-0.05, 0) is 24.3 Å². The van der Waals surface area contributed by atoms with E-state index in [1.807, 2.05) is 0 Å². The SMILES string of the molecule is OC1=CC=COC1OC1OC=CC=C1O. The van der Waals surface area contributed by atoms with Gasteiger partial charge in [-0.25, -0.2) is 0 Å². The molecule has 0 saturated carbocycles. The van der Waals surface area contributed by atoms with E-state index in [9.17, 15) is 10.2 Å². The van der Waals surface area contributed by atoms with E-state index in [1.54, 1.807) is 0 Å². The van der Waals surface area contributed by atoms with Gasteiger partial charge in [0.25, 0.3) is 12.6 Å².